The molecule has 2 fully saturated rings. The van der Waals surface area contributed by atoms with E-state index < -0.39 is 25.0 Å². The number of halogens is 1. The van der Waals surface area contributed by atoms with E-state index in [1.807, 2.05) is 6.92 Å². The summed E-state index contributed by atoms with van der Waals surface area (Å²) >= 11 is 0. The Kier molecular flexibility index (Phi) is 2.80. The molecule has 6 heteroatoms. The number of carbonyl (C=O) groups is 1. The molecule has 0 bridgehead atoms. The molecule has 21 heavy (non-hydrogen) atoms. The van der Waals surface area contributed by atoms with E-state index in [0.717, 1.165) is 0 Å². The number of hydrogen-bond acceptors (Lipinski definition) is 4. The fourth-order valence-corrected chi connectivity index (χ4v) is 2.36. The molecular formula is C15H19FN2O3. The molecule has 2 saturated heterocycles. The molecule has 2 aliphatic heterocycles. The molecule has 1 aromatic rings. The van der Waals surface area contributed by atoms with E-state index in [4.69, 9.17) is 15.0 Å². The number of nitrogens with zero attached hydrogens (tertiary/aromatic N) is 2. The maximum atomic E-state index is 14.6. The van der Waals surface area contributed by atoms with Crippen LogP contribution in [0, 0.1) is 5.82 Å². The van der Waals surface area contributed by atoms with Crippen molar-refractivity contribution >= 4 is 17.5 Å². The van der Waals surface area contributed by atoms with Gasteiger partial charge in [-0.25, -0.2) is 9.18 Å². The molecule has 114 valence electrons. The maximum absolute atomic E-state index is 14.6. The van der Waals surface area contributed by atoms with Crippen LogP contribution in [0.25, 0.3) is 0 Å². The number of cyclic esters (lactones) is 1. The summed E-state index contributed by atoms with van der Waals surface area (Å²) in [7, 11) is 0. The molecule has 2 heterocycles. The minimum atomic E-state index is -2.24. The average Bonchev–Trinajstić information content (AvgIpc) is 2.85. The van der Waals surface area contributed by atoms with Crippen LogP contribution in [0.3, 0.4) is 0 Å². The molecule has 0 radical (unpaired) electrons. The Labute approximate surface area is 128 Å². The first-order valence-electron chi connectivity index (χ1n) is 8.83. The highest BCUT2D eigenvalue weighted by Gasteiger charge is 2.31. The van der Waals surface area contributed by atoms with Gasteiger partial charge in [-0.1, -0.05) is 6.92 Å². The molecular weight excluding hydrogens is 275 g/mol. The molecule has 1 atom stereocenters. The van der Waals surface area contributed by atoms with Gasteiger partial charge in [-0.2, -0.15) is 0 Å². The van der Waals surface area contributed by atoms with Gasteiger partial charge >= 0.3 is 6.09 Å². The minimum Gasteiger partial charge on any atom is -0.444 e. The average molecular weight is 298 g/mol. The van der Waals surface area contributed by atoms with Crippen LogP contribution in [0.1, 0.15) is 18.8 Å². The second kappa shape index (κ2) is 5.89. The van der Waals surface area contributed by atoms with Crippen LogP contribution in [0.5, 0.6) is 0 Å². The predicted octanol–water partition coefficient (Wildman–Crippen LogP) is 2.40. The zero-order chi connectivity index (χ0) is 18.4. The third-order valence-corrected chi connectivity index (χ3v) is 3.57. The first-order valence-corrected chi connectivity index (χ1v) is 6.83. The smallest absolute Gasteiger partial charge is 0.414 e. The quantitative estimate of drug-likeness (QED) is 0.859. The van der Waals surface area contributed by atoms with Crippen molar-refractivity contribution in [2.45, 2.75) is 19.4 Å². The summed E-state index contributed by atoms with van der Waals surface area (Å²) in [5.41, 5.74) is 0.404. The zero-order valence-electron chi connectivity index (χ0n) is 15.6. The van der Waals surface area contributed by atoms with Gasteiger partial charge in [-0.15, -0.1) is 0 Å². The fraction of sp³-hybridized carbons (Fsp3) is 0.533. The standard InChI is InChI=1S/C15H19FN2O3/c1-2-12-10-18(15(19)21-12)11-3-4-14(13(16)9-11)17-5-7-20-8-6-17/h3-4,9,12H,2,5-8,10H2,1H3/t12-/m0/s1/i7D2,8D2. The number of rotatable bonds is 3. The first-order chi connectivity index (χ1) is 11.6. The highest BCUT2D eigenvalue weighted by molar-refractivity contribution is 5.90. The summed E-state index contributed by atoms with van der Waals surface area (Å²) < 4.78 is 55.1. The van der Waals surface area contributed by atoms with Crippen molar-refractivity contribution in [1.29, 1.82) is 0 Å². The third-order valence-electron chi connectivity index (χ3n) is 3.57. The van der Waals surface area contributed by atoms with Crippen LogP contribution >= 0.6 is 0 Å². The van der Waals surface area contributed by atoms with Crippen molar-refractivity contribution in [3.63, 3.8) is 0 Å². The lowest BCUT2D eigenvalue weighted by Crippen LogP contribution is -2.36. The van der Waals surface area contributed by atoms with Gasteiger partial charge < -0.3 is 14.4 Å². The molecule has 0 saturated carbocycles. The van der Waals surface area contributed by atoms with Crippen LogP contribution in [0.15, 0.2) is 18.2 Å². The summed E-state index contributed by atoms with van der Waals surface area (Å²) in [6.07, 6.45) is -0.0900. The Morgan fingerprint density at radius 2 is 2.19 bits per heavy atom. The number of ether oxygens (including phenoxy) is 2. The van der Waals surface area contributed by atoms with Crippen LogP contribution in [-0.2, 0) is 9.47 Å². The van der Waals surface area contributed by atoms with E-state index in [1.54, 1.807) is 0 Å². The van der Waals surface area contributed by atoms with Gasteiger partial charge in [0.2, 0.25) is 0 Å². The Balaban J connectivity index is 1.84. The first kappa shape index (κ1) is 10.00. The highest BCUT2D eigenvalue weighted by atomic mass is 19.1. The summed E-state index contributed by atoms with van der Waals surface area (Å²) in [6, 6.07) is 4.13. The van der Waals surface area contributed by atoms with Crippen molar-refractivity contribution < 1.29 is 24.1 Å². The lowest BCUT2D eigenvalue weighted by molar-refractivity contribution is 0.122. The molecule has 3 rings (SSSR count). The van der Waals surface area contributed by atoms with Gasteiger partial charge in [-0.05, 0) is 24.6 Å². The van der Waals surface area contributed by atoms with E-state index in [0.29, 0.717) is 18.7 Å². The van der Waals surface area contributed by atoms with Crippen molar-refractivity contribution in [2.75, 3.05) is 42.6 Å². The van der Waals surface area contributed by atoms with E-state index in [9.17, 15) is 9.18 Å². The Bertz CT molecular complexity index is 673. The second-order valence-electron chi connectivity index (χ2n) is 4.91. The maximum Gasteiger partial charge on any atom is 0.414 e. The number of hydrogen-bond donors (Lipinski definition) is 0. The monoisotopic (exact) mass is 298 g/mol. The highest BCUT2D eigenvalue weighted by Crippen LogP contribution is 2.28. The Morgan fingerprint density at radius 1 is 1.43 bits per heavy atom. The molecule has 0 N–H and O–H groups in total. The van der Waals surface area contributed by atoms with Crippen LogP contribution in [0.2, 0.25) is 0 Å². The Morgan fingerprint density at radius 3 is 2.81 bits per heavy atom. The van der Waals surface area contributed by atoms with Crippen molar-refractivity contribution in [3.8, 4) is 0 Å². The van der Waals surface area contributed by atoms with Crippen molar-refractivity contribution in [3.05, 3.63) is 24.0 Å². The number of morpholine rings is 1. The number of carbonyl (C=O) groups excluding carboxylic acids is 1. The third kappa shape index (κ3) is 2.81. The molecule has 0 spiro atoms. The molecule has 5 nitrogen and oxygen atoms in total. The predicted molar refractivity (Wildman–Crippen MR) is 77.3 cm³/mol. The van der Waals surface area contributed by atoms with E-state index in [1.165, 1.54) is 28.0 Å². The summed E-state index contributed by atoms with van der Waals surface area (Å²) in [5, 5.41) is 0. The summed E-state index contributed by atoms with van der Waals surface area (Å²) in [5.74, 6) is -0.668. The van der Waals surface area contributed by atoms with Gasteiger partial charge in [0.05, 0.1) is 36.5 Å². The topological polar surface area (TPSA) is 42.0 Å². The molecule has 0 aliphatic carbocycles. The number of amides is 1. The lowest BCUT2D eigenvalue weighted by Gasteiger charge is -2.29. The SMILES string of the molecule is [2H]C1([2H])CN(c2ccc(N3C[C@H](CC)OC3=O)cc2F)CC([2H])([2H])O1. The van der Waals surface area contributed by atoms with Crippen molar-refractivity contribution in [2.24, 2.45) is 0 Å². The fourth-order valence-electron chi connectivity index (χ4n) is 2.36. The zero-order valence-corrected chi connectivity index (χ0v) is 11.6. The molecule has 0 unspecified atom stereocenters. The summed E-state index contributed by atoms with van der Waals surface area (Å²) in [4.78, 5) is 14.5. The van der Waals surface area contributed by atoms with Gasteiger partial charge in [0, 0.05) is 13.1 Å². The Hall–Kier alpha value is -1.82. The number of benzene rings is 1. The second-order valence-corrected chi connectivity index (χ2v) is 4.91. The largest absolute Gasteiger partial charge is 0.444 e. The summed E-state index contributed by atoms with van der Waals surface area (Å²) in [6.45, 7) is -2.83. The molecule has 1 aromatic carbocycles. The number of anilines is 2. The van der Waals surface area contributed by atoms with Crippen molar-refractivity contribution in [1.82, 2.24) is 0 Å². The van der Waals surface area contributed by atoms with Crippen LogP contribution in [0.4, 0.5) is 20.6 Å². The lowest BCUT2D eigenvalue weighted by atomic mass is 10.2. The molecule has 2 aliphatic rings. The minimum absolute atomic E-state index is 0.0550. The van der Waals surface area contributed by atoms with Gasteiger partial charge in [-0.3, -0.25) is 4.90 Å². The molecule has 1 amide bonds. The molecule has 0 aromatic heterocycles. The van der Waals surface area contributed by atoms with E-state index in [2.05, 4.69) is 0 Å². The van der Waals surface area contributed by atoms with Crippen LogP contribution < -0.4 is 9.80 Å². The van der Waals surface area contributed by atoms with Gasteiger partial charge in [0.25, 0.3) is 0 Å². The van der Waals surface area contributed by atoms with E-state index in [-0.39, 0.29) is 24.9 Å². The van der Waals surface area contributed by atoms with Gasteiger partial charge in [0.15, 0.2) is 0 Å². The van der Waals surface area contributed by atoms with E-state index >= 15 is 0 Å². The van der Waals surface area contributed by atoms with Gasteiger partial charge in [0.1, 0.15) is 11.9 Å². The normalized spacial score (nSPS) is 30.2. The van der Waals surface area contributed by atoms with Crippen LogP contribution in [-0.4, -0.2) is 44.9 Å².